The lowest BCUT2D eigenvalue weighted by Gasteiger charge is -2.27. The maximum Gasteiger partial charge on any atom is 0.167 e. The number of Topliss-reactive ketones (excluding diaryl/α,β-unsaturated/α-hetero) is 1. The summed E-state index contributed by atoms with van der Waals surface area (Å²) in [6.07, 6.45) is 5.54. The second kappa shape index (κ2) is 6.08. The van der Waals surface area contributed by atoms with Crippen molar-refractivity contribution in [3.05, 3.63) is 33.8 Å². The van der Waals surface area contributed by atoms with Crippen LogP contribution in [0.1, 0.15) is 49.4 Å². The zero-order valence-electron chi connectivity index (χ0n) is 10.6. The molecule has 0 radical (unpaired) electrons. The molecule has 3 heteroatoms. The molecule has 0 bridgehead atoms. The van der Waals surface area contributed by atoms with E-state index in [1.165, 1.54) is 6.42 Å². The molecule has 1 aliphatic carbocycles. The predicted molar refractivity (Wildman–Crippen MR) is 76.5 cm³/mol. The van der Waals surface area contributed by atoms with E-state index >= 15 is 0 Å². The summed E-state index contributed by atoms with van der Waals surface area (Å²) in [4.78, 5) is 12.5. The minimum absolute atomic E-state index is 0.125. The third-order valence-corrected chi connectivity index (χ3v) is 4.49. The van der Waals surface area contributed by atoms with Gasteiger partial charge in [0.15, 0.2) is 5.78 Å². The predicted octanol–water partition coefficient (Wildman–Crippen LogP) is 5.39. The van der Waals surface area contributed by atoms with Gasteiger partial charge in [-0.1, -0.05) is 49.4 Å². The van der Waals surface area contributed by atoms with Gasteiger partial charge in [0.25, 0.3) is 0 Å². The van der Waals surface area contributed by atoms with Crippen molar-refractivity contribution < 1.29 is 4.79 Å². The van der Waals surface area contributed by atoms with Gasteiger partial charge < -0.3 is 0 Å². The molecule has 18 heavy (non-hydrogen) atoms. The molecule has 1 nitrogen and oxygen atoms in total. The van der Waals surface area contributed by atoms with Crippen LogP contribution in [0.5, 0.6) is 0 Å². The van der Waals surface area contributed by atoms with Crippen molar-refractivity contribution in [3.8, 4) is 0 Å². The van der Waals surface area contributed by atoms with Gasteiger partial charge in [0, 0.05) is 16.5 Å². The average Bonchev–Trinajstić information content (AvgIpc) is 2.41. The van der Waals surface area contributed by atoms with Gasteiger partial charge in [-0.3, -0.25) is 4.79 Å². The molecule has 1 aliphatic rings. The van der Waals surface area contributed by atoms with Gasteiger partial charge in [-0.25, -0.2) is 0 Å². The van der Waals surface area contributed by atoms with E-state index in [4.69, 9.17) is 23.2 Å². The third kappa shape index (κ3) is 3.07. The van der Waals surface area contributed by atoms with Gasteiger partial charge in [-0.15, -0.1) is 0 Å². The molecule has 2 atom stereocenters. The van der Waals surface area contributed by atoms with E-state index in [0.29, 0.717) is 21.5 Å². The number of carbonyl (C=O) groups excluding carboxylic acids is 1. The van der Waals surface area contributed by atoms with Gasteiger partial charge in [-0.2, -0.15) is 0 Å². The van der Waals surface area contributed by atoms with E-state index in [2.05, 4.69) is 6.92 Å². The van der Waals surface area contributed by atoms with Crippen LogP contribution in [-0.4, -0.2) is 5.78 Å². The molecule has 0 heterocycles. The lowest BCUT2D eigenvalue weighted by Crippen LogP contribution is -2.23. The minimum atomic E-state index is 0.125. The SMILES string of the molecule is CCC1CCCC(C(=O)c2cc(Cl)ccc2Cl)C1. The summed E-state index contributed by atoms with van der Waals surface area (Å²) in [5.74, 6) is 0.978. The first-order valence-electron chi connectivity index (χ1n) is 6.61. The number of carbonyl (C=O) groups is 1. The van der Waals surface area contributed by atoms with E-state index in [9.17, 15) is 4.79 Å². The van der Waals surface area contributed by atoms with E-state index in [1.54, 1.807) is 18.2 Å². The number of ketones is 1. The molecule has 0 aliphatic heterocycles. The third-order valence-electron chi connectivity index (χ3n) is 3.92. The summed E-state index contributed by atoms with van der Waals surface area (Å²) in [6, 6.07) is 5.12. The highest BCUT2D eigenvalue weighted by molar-refractivity contribution is 6.36. The standard InChI is InChI=1S/C15H18Cl2O/c1-2-10-4-3-5-11(8-10)15(18)13-9-12(16)6-7-14(13)17/h6-7,9-11H,2-5,8H2,1H3. The van der Waals surface area contributed by atoms with E-state index in [-0.39, 0.29) is 11.7 Å². The molecule has 1 aromatic rings. The lowest BCUT2D eigenvalue weighted by atomic mass is 9.77. The Bertz CT molecular complexity index is 442. The highest BCUT2D eigenvalue weighted by Gasteiger charge is 2.28. The maximum atomic E-state index is 12.5. The van der Waals surface area contributed by atoms with Crippen molar-refractivity contribution in [2.24, 2.45) is 11.8 Å². The molecule has 0 amide bonds. The van der Waals surface area contributed by atoms with E-state index in [0.717, 1.165) is 25.7 Å². The Hall–Kier alpha value is -0.530. The Morgan fingerprint density at radius 2 is 2.11 bits per heavy atom. The van der Waals surface area contributed by atoms with E-state index in [1.807, 2.05) is 0 Å². The van der Waals surface area contributed by atoms with Crippen LogP contribution in [0.4, 0.5) is 0 Å². The molecule has 2 rings (SSSR count). The Morgan fingerprint density at radius 3 is 2.83 bits per heavy atom. The Kier molecular flexibility index (Phi) is 4.69. The number of hydrogen-bond donors (Lipinski definition) is 0. The quantitative estimate of drug-likeness (QED) is 0.680. The fraction of sp³-hybridized carbons (Fsp3) is 0.533. The smallest absolute Gasteiger partial charge is 0.167 e. The van der Waals surface area contributed by atoms with Crippen molar-refractivity contribution in [2.45, 2.75) is 39.0 Å². The molecular weight excluding hydrogens is 267 g/mol. The second-order valence-corrected chi connectivity index (χ2v) is 5.97. The van der Waals surface area contributed by atoms with Crippen LogP contribution in [0.3, 0.4) is 0 Å². The zero-order chi connectivity index (χ0) is 13.1. The van der Waals surface area contributed by atoms with Crippen molar-refractivity contribution in [2.75, 3.05) is 0 Å². The fourth-order valence-electron chi connectivity index (χ4n) is 2.81. The van der Waals surface area contributed by atoms with Gasteiger partial charge in [-0.05, 0) is 37.0 Å². The second-order valence-electron chi connectivity index (χ2n) is 5.13. The van der Waals surface area contributed by atoms with Crippen LogP contribution in [0.25, 0.3) is 0 Å². The molecule has 1 saturated carbocycles. The highest BCUT2D eigenvalue weighted by atomic mass is 35.5. The first-order valence-corrected chi connectivity index (χ1v) is 7.36. The maximum absolute atomic E-state index is 12.5. The van der Waals surface area contributed by atoms with Gasteiger partial charge in [0.1, 0.15) is 0 Å². The normalized spacial score (nSPS) is 23.9. The first kappa shape index (κ1) is 13.9. The molecule has 0 saturated heterocycles. The zero-order valence-corrected chi connectivity index (χ0v) is 12.1. The van der Waals surface area contributed by atoms with Crippen molar-refractivity contribution in [1.82, 2.24) is 0 Å². The van der Waals surface area contributed by atoms with Crippen LogP contribution in [0.15, 0.2) is 18.2 Å². The summed E-state index contributed by atoms with van der Waals surface area (Å²) < 4.78 is 0. The summed E-state index contributed by atoms with van der Waals surface area (Å²) >= 11 is 12.0. The Morgan fingerprint density at radius 1 is 1.33 bits per heavy atom. The molecule has 1 aromatic carbocycles. The molecule has 0 N–H and O–H groups in total. The molecule has 0 aromatic heterocycles. The Labute approximate surface area is 118 Å². The summed E-state index contributed by atoms with van der Waals surface area (Å²) in [6.45, 7) is 2.20. The highest BCUT2D eigenvalue weighted by Crippen LogP contribution is 2.34. The van der Waals surface area contributed by atoms with Crippen LogP contribution >= 0.6 is 23.2 Å². The monoisotopic (exact) mass is 284 g/mol. The van der Waals surface area contributed by atoms with Crippen LogP contribution in [0, 0.1) is 11.8 Å². The van der Waals surface area contributed by atoms with Gasteiger partial charge in [0.05, 0.1) is 5.02 Å². The molecular formula is C15H18Cl2O. The van der Waals surface area contributed by atoms with Crippen LogP contribution in [0.2, 0.25) is 10.0 Å². The van der Waals surface area contributed by atoms with Gasteiger partial charge >= 0.3 is 0 Å². The van der Waals surface area contributed by atoms with Crippen molar-refractivity contribution >= 4 is 29.0 Å². The summed E-state index contributed by atoms with van der Waals surface area (Å²) in [5.41, 5.74) is 0.589. The fourth-order valence-corrected chi connectivity index (χ4v) is 3.19. The molecule has 0 spiro atoms. The van der Waals surface area contributed by atoms with Crippen LogP contribution < -0.4 is 0 Å². The lowest BCUT2D eigenvalue weighted by molar-refractivity contribution is 0.0862. The number of hydrogen-bond acceptors (Lipinski definition) is 1. The van der Waals surface area contributed by atoms with Crippen molar-refractivity contribution in [3.63, 3.8) is 0 Å². The van der Waals surface area contributed by atoms with Crippen molar-refractivity contribution in [1.29, 1.82) is 0 Å². The number of rotatable bonds is 3. The summed E-state index contributed by atoms with van der Waals surface area (Å²) in [5, 5.41) is 1.09. The molecule has 98 valence electrons. The number of halogens is 2. The van der Waals surface area contributed by atoms with Crippen LogP contribution in [-0.2, 0) is 0 Å². The van der Waals surface area contributed by atoms with E-state index < -0.39 is 0 Å². The number of benzene rings is 1. The topological polar surface area (TPSA) is 17.1 Å². The largest absolute Gasteiger partial charge is 0.294 e. The van der Waals surface area contributed by atoms with Gasteiger partial charge in [0.2, 0.25) is 0 Å². The summed E-state index contributed by atoms with van der Waals surface area (Å²) in [7, 11) is 0. The minimum Gasteiger partial charge on any atom is -0.294 e. The average molecular weight is 285 g/mol. The first-order chi connectivity index (χ1) is 8.61. The molecule has 2 unspecified atom stereocenters. The molecule has 1 fully saturated rings. The Balaban J connectivity index is 2.17.